The van der Waals surface area contributed by atoms with Crippen LogP contribution in [0.4, 0.5) is 4.79 Å². The third-order valence-corrected chi connectivity index (χ3v) is 5.25. The standard InChI is InChI=1S/C23H34N6O2/c1-23(2,3)31-22(30)27-20(17-9-7-6-8-10-17)14-25-21(24-4)29-12-11-18(16-29)19-13-26-28(5)15-19/h6-10,13,15,18,20H,11-12,14,16H2,1-5H3,(H,24,25)(H,27,30). The number of carbonyl (C=O) groups is 1. The molecule has 1 aliphatic heterocycles. The first-order valence-corrected chi connectivity index (χ1v) is 10.7. The Morgan fingerprint density at radius 3 is 2.68 bits per heavy atom. The zero-order valence-electron chi connectivity index (χ0n) is 19.1. The first-order chi connectivity index (χ1) is 14.7. The predicted molar refractivity (Wildman–Crippen MR) is 122 cm³/mol. The maximum Gasteiger partial charge on any atom is 0.408 e. The molecule has 1 fully saturated rings. The van der Waals surface area contributed by atoms with Gasteiger partial charge in [0.2, 0.25) is 0 Å². The fourth-order valence-corrected chi connectivity index (χ4v) is 3.79. The van der Waals surface area contributed by atoms with Gasteiger partial charge in [-0.05, 0) is 38.3 Å². The number of aliphatic imine (C=N–C) groups is 1. The highest BCUT2D eigenvalue weighted by molar-refractivity contribution is 5.80. The van der Waals surface area contributed by atoms with Crippen molar-refractivity contribution in [3.8, 4) is 0 Å². The van der Waals surface area contributed by atoms with E-state index in [1.807, 2.05) is 69.0 Å². The van der Waals surface area contributed by atoms with Gasteiger partial charge < -0.3 is 20.3 Å². The van der Waals surface area contributed by atoms with E-state index in [9.17, 15) is 4.79 Å². The molecule has 1 aliphatic rings. The molecule has 2 N–H and O–H groups in total. The van der Waals surface area contributed by atoms with Gasteiger partial charge in [-0.15, -0.1) is 0 Å². The Kier molecular flexibility index (Phi) is 7.20. The van der Waals surface area contributed by atoms with Crippen molar-refractivity contribution in [2.45, 2.75) is 44.8 Å². The summed E-state index contributed by atoms with van der Waals surface area (Å²) in [4.78, 5) is 19.1. The van der Waals surface area contributed by atoms with Gasteiger partial charge in [0.15, 0.2) is 5.96 Å². The molecule has 168 valence electrons. The molecule has 0 aliphatic carbocycles. The van der Waals surface area contributed by atoms with Gasteiger partial charge in [-0.1, -0.05) is 30.3 Å². The predicted octanol–water partition coefficient (Wildman–Crippen LogP) is 3.05. The van der Waals surface area contributed by atoms with Gasteiger partial charge in [-0.3, -0.25) is 9.67 Å². The van der Waals surface area contributed by atoms with E-state index in [0.29, 0.717) is 12.5 Å². The number of carbonyl (C=O) groups excluding carboxylic acids is 1. The molecule has 0 spiro atoms. The van der Waals surface area contributed by atoms with E-state index in [4.69, 9.17) is 4.74 Å². The van der Waals surface area contributed by atoms with Crippen molar-refractivity contribution in [3.63, 3.8) is 0 Å². The number of hydrogen-bond acceptors (Lipinski definition) is 4. The lowest BCUT2D eigenvalue weighted by Gasteiger charge is -2.27. The molecule has 8 heteroatoms. The third-order valence-electron chi connectivity index (χ3n) is 5.25. The van der Waals surface area contributed by atoms with Crippen LogP contribution in [-0.4, -0.2) is 59.0 Å². The van der Waals surface area contributed by atoms with Crippen molar-refractivity contribution in [3.05, 3.63) is 53.9 Å². The third kappa shape index (κ3) is 6.47. The molecule has 1 aromatic carbocycles. The number of amides is 1. The molecule has 2 heterocycles. The van der Waals surface area contributed by atoms with Crippen LogP contribution in [0.5, 0.6) is 0 Å². The second kappa shape index (κ2) is 9.85. The van der Waals surface area contributed by atoms with Gasteiger partial charge >= 0.3 is 6.09 Å². The average molecular weight is 427 g/mol. The number of nitrogens with zero attached hydrogens (tertiary/aromatic N) is 4. The van der Waals surface area contributed by atoms with Gasteiger partial charge in [0.05, 0.1) is 12.2 Å². The minimum atomic E-state index is -0.550. The number of nitrogens with one attached hydrogen (secondary N) is 2. The summed E-state index contributed by atoms with van der Waals surface area (Å²) in [6.45, 7) is 7.89. The number of rotatable bonds is 5. The summed E-state index contributed by atoms with van der Waals surface area (Å²) < 4.78 is 7.31. The van der Waals surface area contributed by atoms with Crippen LogP contribution in [0.15, 0.2) is 47.7 Å². The molecule has 1 saturated heterocycles. The quantitative estimate of drug-likeness (QED) is 0.567. The summed E-state index contributed by atoms with van der Waals surface area (Å²) >= 11 is 0. The number of guanidine groups is 1. The molecular formula is C23H34N6O2. The Morgan fingerprint density at radius 1 is 1.32 bits per heavy atom. The van der Waals surface area contributed by atoms with Crippen molar-refractivity contribution in [2.75, 3.05) is 26.7 Å². The lowest BCUT2D eigenvalue weighted by atomic mass is 10.0. The minimum Gasteiger partial charge on any atom is -0.444 e. The second-order valence-corrected chi connectivity index (χ2v) is 8.92. The van der Waals surface area contributed by atoms with Crippen LogP contribution in [0.3, 0.4) is 0 Å². The molecule has 0 saturated carbocycles. The molecule has 1 aromatic heterocycles. The SMILES string of the molecule is CN=C(NCC(NC(=O)OC(C)(C)C)c1ccccc1)N1CCC(c2cnn(C)c2)C1. The molecule has 31 heavy (non-hydrogen) atoms. The van der Waals surface area contributed by atoms with Gasteiger partial charge in [-0.25, -0.2) is 4.79 Å². The first kappa shape index (κ1) is 22.7. The number of ether oxygens (including phenoxy) is 1. The molecular weight excluding hydrogens is 392 g/mol. The van der Waals surface area contributed by atoms with Crippen LogP contribution in [-0.2, 0) is 11.8 Å². The summed E-state index contributed by atoms with van der Waals surface area (Å²) in [6.07, 6.45) is 4.65. The zero-order chi connectivity index (χ0) is 22.4. The van der Waals surface area contributed by atoms with Crippen molar-refractivity contribution in [1.82, 2.24) is 25.3 Å². The highest BCUT2D eigenvalue weighted by Gasteiger charge is 2.28. The molecule has 2 unspecified atom stereocenters. The van der Waals surface area contributed by atoms with Gasteiger partial charge in [0.1, 0.15) is 5.60 Å². The molecule has 3 rings (SSSR count). The summed E-state index contributed by atoms with van der Waals surface area (Å²) in [5.41, 5.74) is 1.71. The number of benzene rings is 1. The normalized spacial score (nSPS) is 18.0. The summed E-state index contributed by atoms with van der Waals surface area (Å²) in [7, 11) is 3.73. The smallest absolute Gasteiger partial charge is 0.408 e. The van der Waals surface area contributed by atoms with E-state index in [2.05, 4.69) is 31.8 Å². The van der Waals surface area contributed by atoms with E-state index < -0.39 is 11.7 Å². The van der Waals surface area contributed by atoms with Crippen LogP contribution in [0.1, 0.15) is 50.3 Å². The molecule has 2 aromatic rings. The summed E-state index contributed by atoms with van der Waals surface area (Å²) in [5.74, 6) is 1.27. The van der Waals surface area contributed by atoms with E-state index >= 15 is 0 Å². The van der Waals surface area contributed by atoms with Crippen molar-refractivity contribution in [2.24, 2.45) is 12.0 Å². The van der Waals surface area contributed by atoms with E-state index in [1.54, 1.807) is 7.05 Å². The van der Waals surface area contributed by atoms with Gasteiger partial charge in [-0.2, -0.15) is 5.10 Å². The number of alkyl carbamates (subject to hydrolysis) is 1. The lowest BCUT2D eigenvalue weighted by molar-refractivity contribution is 0.0504. The first-order valence-electron chi connectivity index (χ1n) is 10.7. The Balaban J connectivity index is 1.63. The highest BCUT2D eigenvalue weighted by Crippen LogP contribution is 2.26. The van der Waals surface area contributed by atoms with E-state index in [-0.39, 0.29) is 6.04 Å². The lowest BCUT2D eigenvalue weighted by Crippen LogP contribution is -2.45. The fraction of sp³-hybridized carbons (Fsp3) is 0.522. The molecule has 0 radical (unpaired) electrons. The fourth-order valence-electron chi connectivity index (χ4n) is 3.79. The molecule has 2 atom stereocenters. The topological polar surface area (TPSA) is 83.8 Å². The maximum atomic E-state index is 12.4. The van der Waals surface area contributed by atoms with Crippen LogP contribution in [0.2, 0.25) is 0 Å². The highest BCUT2D eigenvalue weighted by atomic mass is 16.6. The number of aryl methyl sites for hydroxylation is 1. The van der Waals surface area contributed by atoms with Crippen molar-refractivity contribution >= 4 is 12.1 Å². The van der Waals surface area contributed by atoms with Crippen molar-refractivity contribution < 1.29 is 9.53 Å². The Morgan fingerprint density at radius 2 is 2.06 bits per heavy atom. The number of aromatic nitrogens is 2. The summed E-state index contributed by atoms with van der Waals surface area (Å²) in [6, 6.07) is 9.65. The average Bonchev–Trinajstić information content (AvgIpc) is 3.36. The van der Waals surface area contributed by atoms with Crippen molar-refractivity contribution in [1.29, 1.82) is 0 Å². The molecule has 1 amide bonds. The second-order valence-electron chi connectivity index (χ2n) is 8.92. The number of hydrogen-bond donors (Lipinski definition) is 2. The Labute approximate surface area is 184 Å². The minimum absolute atomic E-state index is 0.246. The largest absolute Gasteiger partial charge is 0.444 e. The Hall–Kier alpha value is -3.03. The maximum absolute atomic E-state index is 12.4. The number of likely N-dealkylation sites (tertiary alicyclic amines) is 1. The zero-order valence-corrected chi connectivity index (χ0v) is 19.1. The Bertz CT molecular complexity index is 887. The van der Waals surface area contributed by atoms with Crippen LogP contribution in [0, 0.1) is 0 Å². The van der Waals surface area contributed by atoms with Crippen LogP contribution >= 0.6 is 0 Å². The van der Waals surface area contributed by atoms with Crippen LogP contribution in [0.25, 0.3) is 0 Å². The van der Waals surface area contributed by atoms with Gasteiger partial charge in [0.25, 0.3) is 0 Å². The van der Waals surface area contributed by atoms with Crippen LogP contribution < -0.4 is 10.6 Å². The molecule has 0 bridgehead atoms. The monoisotopic (exact) mass is 426 g/mol. The van der Waals surface area contributed by atoms with E-state index in [1.165, 1.54) is 5.56 Å². The van der Waals surface area contributed by atoms with Gasteiger partial charge in [0, 0.05) is 45.8 Å². The van der Waals surface area contributed by atoms with E-state index in [0.717, 1.165) is 31.0 Å². The summed E-state index contributed by atoms with van der Waals surface area (Å²) in [5, 5.41) is 10.7. The molecule has 8 nitrogen and oxygen atoms in total.